The van der Waals surface area contributed by atoms with E-state index in [1.165, 1.54) is 0 Å². The molecule has 20 heavy (non-hydrogen) atoms. The molecular weight excluding hydrogens is 278 g/mol. The van der Waals surface area contributed by atoms with Crippen molar-refractivity contribution in [2.75, 3.05) is 6.54 Å². The van der Waals surface area contributed by atoms with E-state index in [1.54, 1.807) is 44.2 Å². The number of Topliss-reactive ketones (excluding diaryl/α,β-unsaturated/α-hetero) is 1. The average Bonchev–Trinajstić information content (AvgIpc) is 2.77. The minimum atomic E-state index is -3.75. The summed E-state index contributed by atoms with van der Waals surface area (Å²) in [6, 6.07) is 8.54. The van der Waals surface area contributed by atoms with Gasteiger partial charge in [0.1, 0.15) is 4.90 Å². The van der Waals surface area contributed by atoms with Crippen LogP contribution in [0, 0.1) is 13.8 Å². The highest BCUT2D eigenvalue weighted by Crippen LogP contribution is 2.16. The molecule has 0 amide bonds. The van der Waals surface area contributed by atoms with Gasteiger partial charge in [-0.3, -0.25) is 9.89 Å². The Morgan fingerprint density at radius 2 is 1.90 bits per heavy atom. The summed E-state index contributed by atoms with van der Waals surface area (Å²) in [6.45, 7) is 2.93. The molecular formula is C13H15N3O3S. The molecule has 0 aliphatic carbocycles. The van der Waals surface area contributed by atoms with Gasteiger partial charge in [0.25, 0.3) is 0 Å². The second kappa shape index (κ2) is 5.56. The number of carbonyl (C=O) groups is 1. The molecule has 1 heterocycles. The van der Waals surface area contributed by atoms with Crippen molar-refractivity contribution < 1.29 is 13.2 Å². The lowest BCUT2D eigenvalue weighted by molar-refractivity contribution is 0.0997. The normalized spacial score (nSPS) is 11.5. The summed E-state index contributed by atoms with van der Waals surface area (Å²) in [7, 11) is -3.75. The summed E-state index contributed by atoms with van der Waals surface area (Å²) in [6.07, 6.45) is 0. The van der Waals surface area contributed by atoms with Crippen LogP contribution >= 0.6 is 0 Å². The van der Waals surface area contributed by atoms with Crippen molar-refractivity contribution in [3.05, 3.63) is 47.3 Å². The van der Waals surface area contributed by atoms with Crippen LogP contribution in [-0.4, -0.2) is 30.9 Å². The number of carbonyl (C=O) groups excluding carboxylic acids is 1. The third-order valence-electron chi connectivity index (χ3n) is 2.85. The lowest BCUT2D eigenvalue weighted by atomic mass is 10.1. The highest BCUT2D eigenvalue weighted by Gasteiger charge is 2.22. The average molecular weight is 293 g/mol. The number of hydrogen-bond acceptors (Lipinski definition) is 4. The maximum absolute atomic E-state index is 12.1. The predicted molar refractivity (Wildman–Crippen MR) is 74.0 cm³/mol. The molecule has 6 nitrogen and oxygen atoms in total. The van der Waals surface area contributed by atoms with Crippen LogP contribution in [0.4, 0.5) is 0 Å². The molecule has 1 aromatic heterocycles. The SMILES string of the molecule is Cc1n[nH]c(C)c1S(=O)(=O)NCC(=O)c1ccccc1. The van der Waals surface area contributed by atoms with Crippen molar-refractivity contribution in [3.63, 3.8) is 0 Å². The maximum atomic E-state index is 12.1. The van der Waals surface area contributed by atoms with Crippen LogP contribution in [0.2, 0.25) is 0 Å². The Morgan fingerprint density at radius 1 is 1.25 bits per heavy atom. The molecule has 0 radical (unpaired) electrons. The topological polar surface area (TPSA) is 91.9 Å². The highest BCUT2D eigenvalue weighted by molar-refractivity contribution is 7.89. The van der Waals surface area contributed by atoms with Gasteiger partial charge in [-0.25, -0.2) is 13.1 Å². The van der Waals surface area contributed by atoms with Gasteiger partial charge in [-0.2, -0.15) is 5.10 Å². The van der Waals surface area contributed by atoms with E-state index < -0.39 is 10.0 Å². The Balaban J connectivity index is 2.13. The lowest BCUT2D eigenvalue weighted by Gasteiger charge is -2.06. The Labute approximate surface area is 117 Å². The van der Waals surface area contributed by atoms with Gasteiger partial charge in [0.05, 0.1) is 17.9 Å². The van der Waals surface area contributed by atoms with Crippen molar-refractivity contribution in [3.8, 4) is 0 Å². The van der Waals surface area contributed by atoms with Gasteiger partial charge < -0.3 is 0 Å². The number of nitrogens with one attached hydrogen (secondary N) is 2. The lowest BCUT2D eigenvalue weighted by Crippen LogP contribution is -2.30. The minimum absolute atomic E-state index is 0.0957. The van der Waals surface area contributed by atoms with Crippen molar-refractivity contribution in [2.24, 2.45) is 0 Å². The summed E-state index contributed by atoms with van der Waals surface area (Å²) in [5, 5.41) is 6.45. The monoisotopic (exact) mass is 293 g/mol. The van der Waals surface area contributed by atoms with Crippen molar-refractivity contribution in [1.82, 2.24) is 14.9 Å². The zero-order chi connectivity index (χ0) is 14.8. The first-order valence-electron chi connectivity index (χ1n) is 6.01. The van der Waals surface area contributed by atoms with E-state index in [-0.39, 0.29) is 17.2 Å². The van der Waals surface area contributed by atoms with Crippen LogP contribution < -0.4 is 4.72 Å². The molecule has 2 rings (SSSR count). The number of hydrogen-bond donors (Lipinski definition) is 2. The molecule has 106 valence electrons. The third kappa shape index (κ3) is 2.94. The van der Waals surface area contributed by atoms with Gasteiger partial charge in [0.2, 0.25) is 10.0 Å². The quantitative estimate of drug-likeness (QED) is 0.810. The molecule has 7 heteroatoms. The zero-order valence-electron chi connectivity index (χ0n) is 11.2. The number of nitrogens with zero attached hydrogens (tertiary/aromatic N) is 1. The first-order valence-corrected chi connectivity index (χ1v) is 7.49. The molecule has 0 saturated heterocycles. The zero-order valence-corrected chi connectivity index (χ0v) is 12.0. The van der Waals surface area contributed by atoms with Crippen LogP contribution in [0.5, 0.6) is 0 Å². The van der Waals surface area contributed by atoms with E-state index in [0.29, 0.717) is 17.0 Å². The van der Waals surface area contributed by atoms with Gasteiger partial charge in [-0.15, -0.1) is 0 Å². The fraction of sp³-hybridized carbons (Fsp3) is 0.231. The maximum Gasteiger partial charge on any atom is 0.244 e. The Hall–Kier alpha value is -1.99. The van der Waals surface area contributed by atoms with E-state index in [4.69, 9.17) is 0 Å². The number of ketones is 1. The van der Waals surface area contributed by atoms with E-state index >= 15 is 0 Å². The first-order chi connectivity index (χ1) is 9.42. The number of H-pyrrole nitrogens is 1. The van der Waals surface area contributed by atoms with Gasteiger partial charge in [0, 0.05) is 5.56 Å². The van der Waals surface area contributed by atoms with E-state index in [9.17, 15) is 13.2 Å². The van der Waals surface area contributed by atoms with Crippen LogP contribution in [0.1, 0.15) is 21.7 Å². The van der Waals surface area contributed by atoms with E-state index in [0.717, 1.165) is 0 Å². The third-order valence-corrected chi connectivity index (χ3v) is 4.51. The molecule has 2 N–H and O–H groups in total. The molecule has 0 fully saturated rings. The van der Waals surface area contributed by atoms with Crippen LogP contribution in [0.25, 0.3) is 0 Å². The summed E-state index contributed by atoms with van der Waals surface area (Å²) in [5.41, 5.74) is 1.29. The number of rotatable bonds is 5. The molecule has 0 aliphatic rings. The van der Waals surface area contributed by atoms with Crippen molar-refractivity contribution in [2.45, 2.75) is 18.7 Å². The summed E-state index contributed by atoms with van der Waals surface area (Å²) < 4.78 is 26.6. The van der Waals surface area contributed by atoms with Crippen molar-refractivity contribution in [1.29, 1.82) is 0 Å². The molecule has 1 aromatic carbocycles. The second-order valence-corrected chi connectivity index (χ2v) is 6.08. The number of benzene rings is 1. The number of aromatic amines is 1. The molecule has 0 spiro atoms. The Morgan fingerprint density at radius 3 is 2.45 bits per heavy atom. The van der Waals surface area contributed by atoms with Gasteiger partial charge >= 0.3 is 0 Å². The van der Waals surface area contributed by atoms with Gasteiger partial charge in [-0.05, 0) is 13.8 Å². The standard InChI is InChI=1S/C13H15N3O3S/c1-9-13(10(2)16-15-9)20(18,19)14-8-12(17)11-6-4-3-5-7-11/h3-7,14H,8H2,1-2H3,(H,15,16). The molecule has 0 unspecified atom stereocenters. The molecule has 0 aliphatic heterocycles. The number of sulfonamides is 1. The molecule has 0 saturated carbocycles. The van der Waals surface area contributed by atoms with Crippen molar-refractivity contribution >= 4 is 15.8 Å². The summed E-state index contributed by atoms with van der Waals surface area (Å²) in [5.74, 6) is -0.284. The van der Waals surface area contributed by atoms with Crippen LogP contribution in [0.3, 0.4) is 0 Å². The van der Waals surface area contributed by atoms with Gasteiger partial charge in [-0.1, -0.05) is 30.3 Å². The van der Waals surface area contributed by atoms with E-state index in [2.05, 4.69) is 14.9 Å². The Kier molecular flexibility index (Phi) is 4.01. The smallest absolute Gasteiger partial charge is 0.244 e. The summed E-state index contributed by atoms with van der Waals surface area (Å²) >= 11 is 0. The summed E-state index contributed by atoms with van der Waals surface area (Å²) in [4.78, 5) is 12.0. The largest absolute Gasteiger partial charge is 0.293 e. The second-order valence-electron chi connectivity index (χ2n) is 4.38. The van der Waals surface area contributed by atoms with Crippen LogP contribution in [0.15, 0.2) is 35.2 Å². The number of aryl methyl sites for hydroxylation is 2. The number of aromatic nitrogens is 2. The molecule has 2 aromatic rings. The Bertz CT molecular complexity index is 701. The van der Waals surface area contributed by atoms with Crippen LogP contribution in [-0.2, 0) is 10.0 Å². The first kappa shape index (κ1) is 14.4. The van der Waals surface area contributed by atoms with Gasteiger partial charge in [0.15, 0.2) is 5.78 Å². The predicted octanol–water partition coefficient (Wildman–Crippen LogP) is 1.19. The molecule has 0 atom stereocenters. The highest BCUT2D eigenvalue weighted by atomic mass is 32.2. The van der Waals surface area contributed by atoms with E-state index in [1.807, 2.05) is 0 Å². The molecule has 0 bridgehead atoms. The fourth-order valence-corrected chi connectivity index (χ4v) is 3.24. The fourth-order valence-electron chi connectivity index (χ4n) is 1.90. The minimum Gasteiger partial charge on any atom is -0.293 e.